The first kappa shape index (κ1) is 16.1. The highest BCUT2D eigenvalue weighted by molar-refractivity contribution is 5.86. The summed E-state index contributed by atoms with van der Waals surface area (Å²) < 4.78 is 4.69. The van der Waals surface area contributed by atoms with Crippen LogP contribution in [0.1, 0.15) is 6.92 Å². The van der Waals surface area contributed by atoms with Gasteiger partial charge in [-0.25, -0.2) is 4.79 Å². The van der Waals surface area contributed by atoms with Crippen LogP contribution in [0, 0.1) is 0 Å². The molecular weight excluding hydrogens is 198 g/mol. The van der Waals surface area contributed by atoms with E-state index in [4.69, 9.17) is 0 Å². The Morgan fingerprint density at radius 3 is 1.73 bits per heavy atom. The molecule has 0 unspecified atom stereocenters. The largest absolute Gasteiger partial charge is 0.544 e. The van der Waals surface area contributed by atoms with Crippen molar-refractivity contribution in [1.82, 2.24) is 0 Å². The zero-order valence-electron chi connectivity index (χ0n) is 9.99. The van der Waals surface area contributed by atoms with Gasteiger partial charge in [0, 0.05) is 5.57 Å². The van der Waals surface area contributed by atoms with E-state index in [1.165, 1.54) is 7.11 Å². The zero-order chi connectivity index (χ0) is 12.6. The van der Waals surface area contributed by atoms with Crippen molar-refractivity contribution >= 4 is 11.9 Å². The summed E-state index contributed by atoms with van der Waals surface area (Å²) in [6.45, 7) is 5.02. The summed E-state index contributed by atoms with van der Waals surface area (Å²) in [7, 11) is 6.73. The number of carbonyl (C=O) groups excluding carboxylic acids is 2. The molecule has 0 amide bonds. The fraction of sp³-hybridized carbons (Fsp3) is 0.600. The summed E-state index contributed by atoms with van der Waals surface area (Å²) >= 11 is 0. The smallest absolute Gasteiger partial charge is 0.332 e. The van der Waals surface area contributed by atoms with Crippen molar-refractivity contribution in [2.24, 2.45) is 0 Å². The molecule has 0 saturated carbocycles. The van der Waals surface area contributed by atoms with Crippen molar-refractivity contribution in [2.45, 2.75) is 6.92 Å². The first-order chi connectivity index (χ1) is 6.60. The number of nitrogens with zero attached hydrogens (tertiary/aromatic N) is 1. The second-order valence-corrected chi connectivity index (χ2v) is 4.09. The van der Waals surface area contributed by atoms with E-state index in [2.05, 4.69) is 11.3 Å². The molecule has 0 aromatic heterocycles. The topological polar surface area (TPSA) is 66.4 Å². The highest BCUT2D eigenvalue weighted by atomic mass is 16.5. The van der Waals surface area contributed by atoms with Gasteiger partial charge in [-0.15, -0.1) is 0 Å². The van der Waals surface area contributed by atoms with Crippen LogP contribution in [-0.4, -0.2) is 51.2 Å². The van der Waals surface area contributed by atoms with Gasteiger partial charge in [0.05, 0.1) is 34.2 Å². The summed E-state index contributed by atoms with van der Waals surface area (Å²) in [4.78, 5) is 20.1. The molecule has 15 heavy (non-hydrogen) atoms. The fourth-order valence-corrected chi connectivity index (χ4v) is 0.562. The SMILES string of the molecule is C=C(C)C(=O)OC.C[N+](C)(C)CC(=O)[O-]. The Morgan fingerprint density at radius 2 is 1.73 bits per heavy atom. The minimum atomic E-state index is -1.00. The summed E-state index contributed by atoms with van der Waals surface area (Å²) in [5, 5.41) is 9.89. The third-order valence-corrected chi connectivity index (χ3v) is 1.14. The zero-order valence-corrected chi connectivity index (χ0v) is 9.99. The number of methoxy groups -OCH3 is 1. The van der Waals surface area contributed by atoms with E-state index < -0.39 is 5.97 Å². The molecule has 0 aromatic rings. The molecule has 88 valence electrons. The van der Waals surface area contributed by atoms with Crippen LogP contribution in [0.3, 0.4) is 0 Å². The van der Waals surface area contributed by atoms with Crippen molar-refractivity contribution in [3.05, 3.63) is 12.2 Å². The average Bonchev–Trinajstić information content (AvgIpc) is 1.99. The van der Waals surface area contributed by atoms with Gasteiger partial charge >= 0.3 is 5.97 Å². The van der Waals surface area contributed by atoms with Gasteiger partial charge in [0.25, 0.3) is 0 Å². The molecule has 0 N–H and O–H groups in total. The average molecular weight is 217 g/mol. The molecule has 0 atom stereocenters. The molecule has 0 rings (SSSR count). The van der Waals surface area contributed by atoms with Crippen molar-refractivity contribution in [1.29, 1.82) is 0 Å². The first-order valence-electron chi connectivity index (χ1n) is 4.34. The number of carbonyl (C=O) groups is 2. The van der Waals surface area contributed by atoms with Crippen LogP contribution in [0.5, 0.6) is 0 Å². The van der Waals surface area contributed by atoms with Crippen LogP contribution >= 0.6 is 0 Å². The number of hydrogen-bond donors (Lipinski definition) is 0. The molecule has 0 aliphatic carbocycles. The van der Waals surface area contributed by atoms with Crippen molar-refractivity contribution in [2.75, 3.05) is 34.8 Å². The Kier molecular flexibility index (Phi) is 7.51. The molecule has 0 fully saturated rings. The highest BCUT2D eigenvalue weighted by Crippen LogP contribution is 1.87. The van der Waals surface area contributed by atoms with Crippen LogP contribution in [0.25, 0.3) is 0 Å². The second kappa shape index (κ2) is 7.00. The van der Waals surface area contributed by atoms with E-state index in [1.54, 1.807) is 28.1 Å². The summed E-state index contributed by atoms with van der Waals surface area (Å²) in [6.07, 6.45) is 0. The van der Waals surface area contributed by atoms with Gasteiger partial charge in [0.15, 0.2) is 0 Å². The molecular formula is C10H19NO4. The number of likely N-dealkylation sites (N-methyl/N-ethyl adjacent to an activating group) is 1. The van der Waals surface area contributed by atoms with E-state index >= 15 is 0 Å². The minimum Gasteiger partial charge on any atom is -0.544 e. The first-order valence-corrected chi connectivity index (χ1v) is 4.34. The summed E-state index contributed by atoms with van der Waals surface area (Å²) in [5.41, 5.74) is 0.433. The van der Waals surface area contributed by atoms with Gasteiger partial charge in [-0.05, 0) is 6.92 Å². The molecule has 0 aliphatic heterocycles. The van der Waals surface area contributed by atoms with Crippen molar-refractivity contribution in [3.8, 4) is 0 Å². The molecule has 0 aromatic carbocycles. The lowest BCUT2D eigenvalue weighted by atomic mass is 10.4. The van der Waals surface area contributed by atoms with E-state index in [0.717, 1.165) is 0 Å². The number of aliphatic carboxylic acids is 1. The Morgan fingerprint density at radius 1 is 1.33 bits per heavy atom. The number of carboxylic acid groups (broad SMARTS) is 1. The normalized spacial score (nSPS) is 9.67. The maximum Gasteiger partial charge on any atom is 0.332 e. The molecule has 5 heteroatoms. The lowest BCUT2D eigenvalue weighted by Gasteiger charge is -2.23. The molecule has 0 spiro atoms. The lowest BCUT2D eigenvalue weighted by molar-refractivity contribution is -0.864. The van der Waals surface area contributed by atoms with Crippen molar-refractivity contribution in [3.63, 3.8) is 0 Å². The molecule has 0 saturated heterocycles. The predicted octanol–water partition coefficient (Wildman–Crippen LogP) is -0.822. The summed E-state index contributed by atoms with van der Waals surface area (Å²) in [5.74, 6) is -1.35. The van der Waals surface area contributed by atoms with E-state index in [-0.39, 0.29) is 12.5 Å². The Labute approximate surface area is 90.5 Å². The number of esters is 1. The van der Waals surface area contributed by atoms with Gasteiger partial charge in [0.1, 0.15) is 6.54 Å². The van der Waals surface area contributed by atoms with E-state index in [1.807, 2.05) is 0 Å². The van der Waals surface area contributed by atoms with Crippen LogP contribution in [-0.2, 0) is 14.3 Å². The van der Waals surface area contributed by atoms with Gasteiger partial charge in [0.2, 0.25) is 0 Å². The van der Waals surface area contributed by atoms with E-state index in [0.29, 0.717) is 10.1 Å². The Balaban J connectivity index is 0. The van der Waals surface area contributed by atoms with Gasteiger partial charge in [-0.2, -0.15) is 0 Å². The maximum absolute atomic E-state index is 10.2. The monoisotopic (exact) mass is 217 g/mol. The molecule has 0 bridgehead atoms. The Hall–Kier alpha value is -1.36. The molecule has 0 aliphatic rings. The van der Waals surface area contributed by atoms with Gasteiger partial charge < -0.3 is 19.1 Å². The number of carboxylic acids is 1. The lowest BCUT2D eigenvalue weighted by Crippen LogP contribution is -2.45. The number of ether oxygens (including phenoxy) is 1. The number of hydrogen-bond acceptors (Lipinski definition) is 4. The van der Waals surface area contributed by atoms with Crippen LogP contribution in [0.15, 0.2) is 12.2 Å². The highest BCUT2D eigenvalue weighted by Gasteiger charge is 2.04. The van der Waals surface area contributed by atoms with Crippen molar-refractivity contribution < 1.29 is 23.9 Å². The maximum atomic E-state index is 10.2. The van der Waals surface area contributed by atoms with Crippen LogP contribution in [0.4, 0.5) is 0 Å². The predicted molar refractivity (Wildman–Crippen MR) is 54.7 cm³/mol. The van der Waals surface area contributed by atoms with Crippen LogP contribution < -0.4 is 5.11 Å². The number of quaternary nitrogens is 1. The van der Waals surface area contributed by atoms with Crippen LogP contribution in [0.2, 0.25) is 0 Å². The van der Waals surface area contributed by atoms with Gasteiger partial charge in [-0.3, -0.25) is 0 Å². The summed E-state index contributed by atoms with van der Waals surface area (Å²) in [6, 6.07) is 0. The quantitative estimate of drug-likeness (QED) is 0.352. The second-order valence-electron chi connectivity index (χ2n) is 4.09. The molecule has 0 heterocycles. The number of rotatable bonds is 3. The standard InChI is InChI=1S/C5H11NO2.C5H8O2/c1-6(2,3)4-5(7)8;1-4(2)5(6)7-3/h4H2,1-3H3;1H2,2-3H3. The molecule has 0 radical (unpaired) electrons. The van der Waals surface area contributed by atoms with E-state index in [9.17, 15) is 14.7 Å². The fourth-order valence-electron chi connectivity index (χ4n) is 0.562. The van der Waals surface area contributed by atoms with Gasteiger partial charge in [-0.1, -0.05) is 6.58 Å². The third-order valence-electron chi connectivity index (χ3n) is 1.14. The third kappa shape index (κ3) is 15.4. The molecule has 5 nitrogen and oxygen atoms in total. The Bertz CT molecular complexity index is 240. The minimum absolute atomic E-state index is 0.0694.